The molecular formula is C18H28O2Si. The zero-order chi connectivity index (χ0) is 15.9. The fourth-order valence-electron chi connectivity index (χ4n) is 1.54. The maximum Gasteiger partial charge on any atom is 0.191 e. The lowest BCUT2D eigenvalue weighted by atomic mass is 10.2. The van der Waals surface area contributed by atoms with Crippen LogP contribution in [0.25, 0.3) is 0 Å². The monoisotopic (exact) mass is 304 g/mol. The molecule has 0 heterocycles. The van der Waals surface area contributed by atoms with E-state index in [0.717, 1.165) is 30.8 Å². The standard InChI is InChI=1S/C18H28O2Si/c1-18(2,3)21(5,6)20-15-9-7-8-10-16-11-13-17(19-4)14-12-16/h11-14H,7,9,15H2,1-6H3. The topological polar surface area (TPSA) is 18.5 Å². The summed E-state index contributed by atoms with van der Waals surface area (Å²) in [5.74, 6) is 7.25. The van der Waals surface area contributed by atoms with Crippen molar-refractivity contribution in [3.8, 4) is 17.6 Å². The smallest absolute Gasteiger partial charge is 0.191 e. The Labute approximate surface area is 131 Å². The van der Waals surface area contributed by atoms with Gasteiger partial charge < -0.3 is 9.16 Å². The van der Waals surface area contributed by atoms with E-state index in [1.807, 2.05) is 24.3 Å². The Morgan fingerprint density at radius 2 is 1.71 bits per heavy atom. The highest BCUT2D eigenvalue weighted by Gasteiger charge is 2.36. The lowest BCUT2D eigenvalue weighted by Gasteiger charge is -2.36. The highest BCUT2D eigenvalue weighted by molar-refractivity contribution is 6.74. The van der Waals surface area contributed by atoms with Gasteiger partial charge in [0, 0.05) is 18.6 Å². The maximum absolute atomic E-state index is 6.13. The predicted octanol–water partition coefficient (Wildman–Crippen LogP) is 4.85. The molecule has 2 nitrogen and oxygen atoms in total. The molecule has 0 radical (unpaired) electrons. The Morgan fingerprint density at radius 3 is 2.24 bits per heavy atom. The Kier molecular flexibility index (Phi) is 6.51. The molecule has 1 aromatic carbocycles. The summed E-state index contributed by atoms with van der Waals surface area (Å²) >= 11 is 0. The zero-order valence-electron chi connectivity index (χ0n) is 14.2. The summed E-state index contributed by atoms with van der Waals surface area (Å²) in [6.07, 6.45) is 1.87. The minimum Gasteiger partial charge on any atom is -0.497 e. The average molecular weight is 305 g/mol. The van der Waals surface area contributed by atoms with E-state index in [-0.39, 0.29) is 5.04 Å². The molecule has 0 saturated heterocycles. The van der Waals surface area contributed by atoms with Gasteiger partial charge >= 0.3 is 0 Å². The van der Waals surface area contributed by atoms with Crippen molar-refractivity contribution in [3.63, 3.8) is 0 Å². The van der Waals surface area contributed by atoms with Crippen molar-refractivity contribution < 1.29 is 9.16 Å². The number of hydrogen-bond acceptors (Lipinski definition) is 2. The Bertz CT molecular complexity index is 487. The molecule has 0 fully saturated rings. The van der Waals surface area contributed by atoms with Crippen molar-refractivity contribution in [1.29, 1.82) is 0 Å². The molecule has 1 aromatic rings. The molecular weight excluding hydrogens is 276 g/mol. The van der Waals surface area contributed by atoms with E-state index >= 15 is 0 Å². The van der Waals surface area contributed by atoms with Gasteiger partial charge in [0.1, 0.15) is 5.75 Å². The quantitative estimate of drug-likeness (QED) is 0.440. The molecule has 0 bridgehead atoms. The Morgan fingerprint density at radius 1 is 1.10 bits per heavy atom. The van der Waals surface area contributed by atoms with Gasteiger partial charge in [-0.05, 0) is 48.8 Å². The molecule has 0 aromatic heterocycles. The van der Waals surface area contributed by atoms with Crippen LogP contribution >= 0.6 is 0 Å². The first-order chi connectivity index (χ1) is 9.76. The summed E-state index contributed by atoms with van der Waals surface area (Å²) < 4.78 is 11.3. The van der Waals surface area contributed by atoms with E-state index in [1.54, 1.807) is 7.11 Å². The van der Waals surface area contributed by atoms with Crippen molar-refractivity contribution in [2.75, 3.05) is 13.7 Å². The number of methoxy groups -OCH3 is 1. The molecule has 1 rings (SSSR count). The molecule has 21 heavy (non-hydrogen) atoms. The molecule has 0 aliphatic heterocycles. The van der Waals surface area contributed by atoms with Crippen LogP contribution < -0.4 is 4.74 Å². The number of unbranched alkanes of at least 4 members (excludes halogenated alkanes) is 1. The van der Waals surface area contributed by atoms with E-state index < -0.39 is 8.32 Å². The normalized spacial score (nSPS) is 11.7. The Balaban J connectivity index is 2.33. The van der Waals surface area contributed by atoms with Gasteiger partial charge in [0.2, 0.25) is 0 Å². The lowest BCUT2D eigenvalue weighted by Crippen LogP contribution is -2.40. The van der Waals surface area contributed by atoms with Crippen molar-refractivity contribution in [2.24, 2.45) is 0 Å². The predicted molar refractivity (Wildman–Crippen MR) is 92.3 cm³/mol. The number of hydrogen-bond donors (Lipinski definition) is 0. The van der Waals surface area contributed by atoms with Crippen LogP contribution in [0.4, 0.5) is 0 Å². The molecule has 0 aliphatic carbocycles. The molecule has 0 atom stereocenters. The first-order valence-corrected chi connectivity index (χ1v) is 10.4. The van der Waals surface area contributed by atoms with Gasteiger partial charge in [0.15, 0.2) is 8.32 Å². The van der Waals surface area contributed by atoms with Crippen LogP contribution in [0.1, 0.15) is 39.2 Å². The van der Waals surface area contributed by atoms with Gasteiger partial charge in [-0.25, -0.2) is 0 Å². The molecule has 0 amide bonds. The third kappa shape index (κ3) is 5.95. The van der Waals surface area contributed by atoms with E-state index in [9.17, 15) is 0 Å². The van der Waals surface area contributed by atoms with E-state index in [0.29, 0.717) is 0 Å². The molecule has 3 heteroatoms. The minimum atomic E-state index is -1.60. The fraction of sp³-hybridized carbons (Fsp3) is 0.556. The molecule has 116 valence electrons. The largest absolute Gasteiger partial charge is 0.497 e. The van der Waals surface area contributed by atoms with Gasteiger partial charge in [-0.15, -0.1) is 0 Å². The number of ether oxygens (including phenoxy) is 1. The zero-order valence-corrected chi connectivity index (χ0v) is 15.2. The van der Waals surface area contributed by atoms with Crippen molar-refractivity contribution in [3.05, 3.63) is 29.8 Å². The first kappa shape index (κ1) is 17.8. The highest BCUT2D eigenvalue weighted by Crippen LogP contribution is 2.36. The van der Waals surface area contributed by atoms with Gasteiger partial charge in [-0.1, -0.05) is 32.6 Å². The summed E-state index contributed by atoms with van der Waals surface area (Å²) in [7, 11) is 0.0681. The van der Waals surface area contributed by atoms with Gasteiger partial charge in [0.25, 0.3) is 0 Å². The summed E-state index contributed by atoms with van der Waals surface area (Å²) in [5, 5.41) is 0.280. The van der Waals surface area contributed by atoms with Gasteiger partial charge in [-0.2, -0.15) is 0 Å². The van der Waals surface area contributed by atoms with Crippen LogP contribution in [-0.4, -0.2) is 22.0 Å². The highest BCUT2D eigenvalue weighted by atomic mass is 28.4. The molecule has 0 unspecified atom stereocenters. The lowest BCUT2D eigenvalue weighted by molar-refractivity contribution is 0.284. The first-order valence-electron chi connectivity index (χ1n) is 7.53. The average Bonchev–Trinajstić information content (AvgIpc) is 2.42. The molecule has 0 spiro atoms. The van der Waals surface area contributed by atoms with Crippen molar-refractivity contribution in [1.82, 2.24) is 0 Å². The summed E-state index contributed by atoms with van der Waals surface area (Å²) in [6.45, 7) is 12.2. The number of benzene rings is 1. The summed E-state index contributed by atoms with van der Waals surface area (Å²) in [6, 6.07) is 7.84. The van der Waals surface area contributed by atoms with Crippen LogP contribution in [0.15, 0.2) is 24.3 Å². The van der Waals surface area contributed by atoms with Crippen LogP contribution in [0.3, 0.4) is 0 Å². The van der Waals surface area contributed by atoms with E-state index in [2.05, 4.69) is 45.7 Å². The molecule has 0 saturated carbocycles. The van der Waals surface area contributed by atoms with Crippen LogP contribution in [-0.2, 0) is 4.43 Å². The minimum absolute atomic E-state index is 0.280. The second-order valence-corrected chi connectivity index (χ2v) is 11.6. The summed E-state index contributed by atoms with van der Waals surface area (Å²) in [5.41, 5.74) is 1.03. The third-order valence-corrected chi connectivity index (χ3v) is 8.58. The second kappa shape index (κ2) is 7.68. The van der Waals surface area contributed by atoms with Gasteiger partial charge in [0.05, 0.1) is 7.11 Å². The maximum atomic E-state index is 6.13. The SMILES string of the molecule is COc1ccc(C#CCCCO[Si](C)(C)C(C)(C)C)cc1. The van der Waals surface area contributed by atoms with Crippen molar-refractivity contribution >= 4 is 8.32 Å². The van der Waals surface area contributed by atoms with Crippen molar-refractivity contribution in [2.45, 2.75) is 51.7 Å². The fourth-order valence-corrected chi connectivity index (χ4v) is 2.63. The van der Waals surface area contributed by atoms with Crippen LogP contribution in [0.5, 0.6) is 5.75 Å². The van der Waals surface area contributed by atoms with E-state index in [1.165, 1.54) is 0 Å². The molecule has 0 N–H and O–H groups in total. The van der Waals surface area contributed by atoms with E-state index in [4.69, 9.17) is 9.16 Å². The number of rotatable bonds is 5. The van der Waals surface area contributed by atoms with Gasteiger partial charge in [-0.3, -0.25) is 0 Å². The van der Waals surface area contributed by atoms with Crippen LogP contribution in [0, 0.1) is 11.8 Å². The summed E-state index contributed by atoms with van der Waals surface area (Å²) in [4.78, 5) is 0. The van der Waals surface area contributed by atoms with Crippen LogP contribution in [0.2, 0.25) is 18.1 Å². The Hall–Kier alpha value is -1.24. The molecule has 0 aliphatic rings. The third-order valence-electron chi connectivity index (χ3n) is 4.04. The second-order valence-electron chi connectivity index (χ2n) is 6.74.